The first-order chi connectivity index (χ1) is 9.85. The van der Waals surface area contributed by atoms with Gasteiger partial charge in [-0.05, 0) is 17.7 Å². The summed E-state index contributed by atoms with van der Waals surface area (Å²) < 4.78 is 29.5. The standard InChI is InChI=1S/C14H19NO5S/c1-3-21(18,19)12-11(14(12,8-15)13(16)17)9-4-6-10(20-2)7-5-9/h4-7,11-12H,3,8,15H2,1-2H3,(H,16,17)/t11-,12-,14+/m1/s1. The topological polar surface area (TPSA) is 107 Å². The van der Waals surface area contributed by atoms with Crippen molar-refractivity contribution in [3.8, 4) is 5.75 Å². The Hall–Kier alpha value is -1.60. The van der Waals surface area contributed by atoms with Gasteiger partial charge in [-0.25, -0.2) is 8.42 Å². The van der Waals surface area contributed by atoms with Gasteiger partial charge in [0.25, 0.3) is 0 Å². The summed E-state index contributed by atoms with van der Waals surface area (Å²) in [5.74, 6) is -1.24. The number of hydrogen-bond acceptors (Lipinski definition) is 5. The van der Waals surface area contributed by atoms with E-state index in [0.717, 1.165) is 0 Å². The number of aliphatic carboxylic acids is 1. The van der Waals surface area contributed by atoms with Gasteiger partial charge in [0.15, 0.2) is 9.84 Å². The summed E-state index contributed by atoms with van der Waals surface area (Å²) in [5.41, 5.74) is 4.86. The second-order valence-electron chi connectivity index (χ2n) is 5.17. The fourth-order valence-corrected chi connectivity index (χ4v) is 5.06. The van der Waals surface area contributed by atoms with Crippen LogP contribution < -0.4 is 10.5 Å². The third-order valence-corrected chi connectivity index (χ3v) is 6.53. The predicted molar refractivity (Wildman–Crippen MR) is 78.1 cm³/mol. The van der Waals surface area contributed by atoms with Gasteiger partial charge in [0.1, 0.15) is 11.2 Å². The molecule has 2 rings (SSSR count). The molecule has 1 aromatic rings. The first-order valence-corrected chi connectivity index (χ1v) is 8.35. The van der Waals surface area contributed by atoms with Gasteiger partial charge >= 0.3 is 5.97 Å². The molecule has 1 aliphatic carbocycles. The van der Waals surface area contributed by atoms with Crippen molar-refractivity contribution in [3.05, 3.63) is 29.8 Å². The SMILES string of the molecule is CCS(=O)(=O)[C@@H]1[C@@H](c2ccc(OC)cc2)[C@]1(CN)C(=O)O. The molecule has 0 heterocycles. The van der Waals surface area contributed by atoms with Gasteiger partial charge in [0.2, 0.25) is 0 Å². The molecular weight excluding hydrogens is 294 g/mol. The van der Waals surface area contributed by atoms with Gasteiger partial charge in [-0.1, -0.05) is 19.1 Å². The van der Waals surface area contributed by atoms with Crippen LogP contribution in [0.15, 0.2) is 24.3 Å². The molecule has 3 N–H and O–H groups in total. The van der Waals surface area contributed by atoms with Gasteiger partial charge < -0.3 is 15.6 Å². The van der Waals surface area contributed by atoms with Crippen LogP contribution in [0.4, 0.5) is 0 Å². The van der Waals surface area contributed by atoms with E-state index in [9.17, 15) is 18.3 Å². The zero-order valence-corrected chi connectivity index (χ0v) is 12.8. The van der Waals surface area contributed by atoms with Gasteiger partial charge in [-0.3, -0.25) is 4.79 Å². The van der Waals surface area contributed by atoms with Crippen molar-refractivity contribution in [3.63, 3.8) is 0 Å². The number of carboxylic acid groups (broad SMARTS) is 1. The number of nitrogens with two attached hydrogens (primary N) is 1. The fraction of sp³-hybridized carbons (Fsp3) is 0.500. The summed E-state index contributed by atoms with van der Waals surface area (Å²) in [5, 5.41) is 8.53. The predicted octanol–water partition coefficient (Wildman–Crippen LogP) is 0.625. The second-order valence-corrected chi connectivity index (χ2v) is 7.58. The van der Waals surface area contributed by atoms with E-state index in [4.69, 9.17) is 10.5 Å². The van der Waals surface area contributed by atoms with Crippen molar-refractivity contribution in [2.45, 2.75) is 18.1 Å². The number of carboxylic acids is 1. The molecule has 0 bridgehead atoms. The largest absolute Gasteiger partial charge is 0.497 e. The Morgan fingerprint density at radius 1 is 1.38 bits per heavy atom. The molecule has 0 unspecified atom stereocenters. The van der Waals surface area contributed by atoms with Crippen molar-refractivity contribution in [1.29, 1.82) is 0 Å². The Balaban J connectivity index is 2.47. The van der Waals surface area contributed by atoms with Gasteiger partial charge in [0.05, 0.1) is 12.4 Å². The zero-order chi connectivity index (χ0) is 15.8. The van der Waals surface area contributed by atoms with Crippen LogP contribution in [-0.4, -0.2) is 44.2 Å². The van der Waals surface area contributed by atoms with E-state index < -0.39 is 32.4 Å². The fourth-order valence-electron chi connectivity index (χ4n) is 2.98. The van der Waals surface area contributed by atoms with Crippen LogP contribution in [0.1, 0.15) is 18.4 Å². The van der Waals surface area contributed by atoms with Crippen molar-refractivity contribution < 1.29 is 23.1 Å². The lowest BCUT2D eigenvalue weighted by Crippen LogP contribution is -2.32. The van der Waals surface area contributed by atoms with E-state index in [0.29, 0.717) is 11.3 Å². The summed E-state index contributed by atoms with van der Waals surface area (Å²) in [6.07, 6.45) is 0. The monoisotopic (exact) mass is 313 g/mol. The quantitative estimate of drug-likeness (QED) is 0.797. The Kier molecular flexibility index (Phi) is 3.99. The smallest absolute Gasteiger partial charge is 0.312 e. The molecule has 0 radical (unpaired) electrons. The normalized spacial score (nSPS) is 28.1. The molecule has 0 aliphatic heterocycles. The average molecular weight is 313 g/mol. The molecule has 0 amide bonds. The maximum absolute atomic E-state index is 12.2. The Labute approximate surface area is 123 Å². The van der Waals surface area contributed by atoms with E-state index in [1.54, 1.807) is 24.3 Å². The molecule has 1 aromatic carbocycles. The zero-order valence-electron chi connectivity index (χ0n) is 11.9. The van der Waals surface area contributed by atoms with Gasteiger partial charge in [-0.15, -0.1) is 0 Å². The maximum Gasteiger partial charge on any atom is 0.312 e. The van der Waals surface area contributed by atoms with Crippen LogP contribution in [0.3, 0.4) is 0 Å². The molecule has 0 aromatic heterocycles. The number of methoxy groups -OCH3 is 1. The van der Waals surface area contributed by atoms with Crippen molar-refractivity contribution in [2.75, 3.05) is 19.4 Å². The second kappa shape index (κ2) is 5.31. The minimum absolute atomic E-state index is 0.0979. The number of rotatable bonds is 6. The Bertz CT molecular complexity index is 640. The number of ether oxygens (including phenoxy) is 1. The lowest BCUT2D eigenvalue weighted by Gasteiger charge is -2.09. The lowest BCUT2D eigenvalue weighted by molar-refractivity contribution is -0.143. The highest BCUT2D eigenvalue weighted by Crippen LogP contribution is 2.62. The molecule has 7 heteroatoms. The van der Waals surface area contributed by atoms with E-state index in [1.165, 1.54) is 14.0 Å². The van der Waals surface area contributed by atoms with Crippen LogP contribution in [0, 0.1) is 5.41 Å². The van der Waals surface area contributed by atoms with Crippen molar-refractivity contribution in [2.24, 2.45) is 11.1 Å². The lowest BCUT2D eigenvalue weighted by atomic mass is 9.99. The molecule has 1 aliphatic rings. The Morgan fingerprint density at radius 2 is 1.95 bits per heavy atom. The molecular formula is C14H19NO5S. The van der Waals surface area contributed by atoms with Crippen LogP contribution in [0.25, 0.3) is 0 Å². The third-order valence-electron chi connectivity index (χ3n) is 4.26. The number of hydrogen-bond donors (Lipinski definition) is 2. The average Bonchev–Trinajstić information content (AvgIpc) is 3.19. The van der Waals surface area contributed by atoms with Crippen LogP contribution >= 0.6 is 0 Å². The highest BCUT2D eigenvalue weighted by Gasteiger charge is 2.74. The molecule has 0 spiro atoms. The molecule has 3 atom stereocenters. The van der Waals surface area contributed by atoms with Crippen molar-refractivity contribution in [1.82, 2.24) is 0 Å². The molecule has 6 nitrogen and oxygen atoms in total. The summed E-state index contributed by atoms with van der Waals surface area (Å²) in [4.78, 5) is 11.6. The molecule has 116 valence electrons. The minimum Gasteiger partial charge on any atom is -0.497 e. The van der Waals surface area contributed by atoms with Crippen LogP contribution in [-0.2, 0) is 14.6 Å². The minimum atomic E-state index is -3.49. The van der Waals surface area contributed by atoms with E-state index in [-0.39, 0.29) is 12.3 Å². The molecule has 1 saturated carbocycles. The maximum atomic E-state index is 12.2. The third kappa shape index (κ3) is 2.30. The van der Waals surface area contributed by atoms with E-state index >= 15 is 0 Å². The first-order valence-electron chi connectivity index (χ1n) is 6.64. The van der Waals surface area contributed by atoms with E-state index in [1.807, 2.05) is 0 Å². The number of carbonyl (C=O) groups is 1. The Morgan fingerprint density at radius 3 is 2.33 bits per heavy atom. The number of sulfone groups is 1. The number of benzene rings is 1. The molecule has 21 heavy (non-hydrogen) atoms. The highest BCUT2D eigenvalue weighted by atomic mass is 32.2. The summed E-state index contributed by atoms with van der Waals surface area (Å²) >= 11 is 0. The van der Waals surface area contributed by atoms with Crippen molar-refractivity contribution >= 4 is 15.8 Å². The van der Waals surface area contributed by atoms with E-state index in [2.05, 4.69) is 0 Å². The highest BCUT2D eigenvalue weighted by molar-refractivity contribution is 7.92. The summed E-state index contributed by atoms with van der Waals surface area (Å²) in [7, 11) is -1.97. The molecule has 1 fully saturated rings. The van der Waals surface area contributed by atoms with Crippen LogP contribution in [0.5, 0.6) is 5.75 Å². The van der Waals surface area contributed by atoms with Gasteiger partial charge in [0, 0.05) is 18.2 Å². The van der Waals surface area contributed by atoms with Crippen LogP contribution in [0.2, 0.25) is 0 Å². The van der Waals surface area contributed by atoms with Gasteiger partial charge in [-0.2, -0.15) is 0 Å². The summed E-state index contributed by atoms with van der Waals surface area (Å²) in [6.45, 7) is 1.31. The molecule has 0 saturated heterocycles. The summed E-state index contributed by atoms with van der Waals surface area (Å²) in [6, 6.07) is 6.77. The first kappa shape index (κ1) is 15.8.